The Morgan fingerprint density at radius 1 is 1.25 bits per heavy atom. The molecule has 1 fully saturated rings. The van der Waals surface area contributed by atoms with Crippen molar-refractivity contribution in [2.75, 3.05) is 19.6 Å². The van der Waals surface area contributed by atoms with E-state index >= 15 is 0 Å². The number of carbonyl (C=O) groups excluding carboxylic acids is 2. The van der Waals surface area contributed by atoms with Crippen LogP contribution in [0.25, 0.3) is 0 Å². The number of amides is 1. The summed E-state index contributed by atoms with van der Waals surface area (Å²) in [5.41, 5.74) is 6.45. The molecule has 1 aliphatic rings. The van der Waals surface area contributed by atoms with Crippen LogP contribution in [-0.2, 0) is 9.59 Å². The van der Waals surface area contributed by atoms with Crippen LogP contribution in [0, 0.1) is 0 Å². The minimum Gasteiger partial charge on any atom is -0.394 e. The summed E-state index contributed by atoms with van der Waals surface area (Å²) < 4.78 is 27.4. The van der Waals surface area contributed by atoms with Gasteiger partial charge >= 0.3 is 0 Å². The lowest BCUT2D eigenvalue weighted by molar-refractivity contribution is -0.127. The van der Waals surface area contributed by atoms with Gasteiger partial charge in [0.2, 0.25) is 0 Å². The first-order chi connectivity index (χ1) is 11.2. The highest BCUT2D eigenvalue weighted by Crippen LogP contribution is 2.35. The van der Waals surface area contributed by atoms with E-state index in [-0.39, 0.29) is 42.5 Å². The first-order valence-electron chi connectivity index (χ1n) is 8.40. The number of carbonyl (C=O) groups is 2. The SMILES string of the molecule is CCCN(CCC)C(=O)/C(N)=C1\CCC(F)(F)CC1=NCC(C)=O. The first-order valence-corrected chi connectivity index (χ1v) is 8.40. The molecule has 0 spiro atoms. The second kappa shape index (κ2) is 8.89. The van der Waals surface area contributed by atoms with Crippen LogP contribution in [0.4, 0.5) is 8.78 Å². The average Bonchev–Trinajstić information content (AvgIpc) is 2.50. The molecule has 0 unspecified atom stereocenters. The standard InChI is InChI=1S/C17H27F2N3O2/c1-4-8-22(9-5-2)16(24)15(20)13-6-7-17(18,19)10-14(13)21-11-12(3)23/h4-11,20H2,1-3H3/b15-13-,21-14?. The fraction of sp³-hybridized carbons (Fsp3) is 0.706. The van der Waals surface area contributed by atoms with E-state index in [0.717, 1.165) is 12.8 Å². The number of hydrogen-bond donors (Lipinski definition) is 1. The summed E-state index contributed by atoms with van der Waals surface area (Å²) in [7, 11) is 0. The summed E-state index contributed by atoms with van der Waals surface area (Å²) in [5, 5.41) is 0. The Morgan fingerprint density at radius 2 is 1.83 bits per heavy atom. The average molecular weight is 343 g/mol. The Bertz CT molecular complexity index is 536. The van der Waals surface area contributed by atoms with Crippen LogP contribution in [0.1, 0.15) is 52.9 Å². The Kier molecular flexibility index (Phi) is 7.51. The molecular formula is C17H27F2N3O2. The molecule has 24 heavy (non-hydrogen) atoms. The molecule has 5 nitrogen and oxygen atoms in total. The topological polar surface area (TPSA) is 75.8 Å². The van der Waals surface area contributed by atoms with Gasteiger partial charge in [0, 0.05) is 30.8 Å². The maximum absolute atomic E-state index is 13.7. The van der Waals surface area contributed by atoms with Crippen LogP contribution in [0.15, 0.2) is 16.3 Å². The molecule has 0 atom stereocenters. The van der Waals surface area contributed by atoms with Crippen molar-refractivity contribution in [1.82, 2.24) is 4.90 Å². The third-order valence-corrected chi connectivity index (χ3v) is 3.84. The summed E-state index contributed by atoms with van der Waals surface area (Å²) in [5.74, 6) is -3.44. The van der Waals surface area contributed by atoms with E-state index in [0.29, 0.717) is 18.7 Å². The van der Waals surface area contributed by atoms with E-state index in [1.54, 1.807) is 4.90 Å². The normalized spacial score (nSPS) is 20.8. The molecule has 0 aliphatic heterocycles. The minimum absolute atomic E-state index is 0.00655. The lowest BCUT2D eigenvalue weighted by Gasteiger charge is -2.28. The molecular weight excluding hydrogens is 316 g/mol. The molecule has 0 bridgehead atoms. The molecule has 136 valence electrons. The lowest BCUT2D eigenvalue weighted by atomic mass is 9.88. The number of ketones is 1. The van der Waals surface area contributed by atoms with Gasteiger partial charge < -0.3 is 10.6 Å². The number of Topliss-reactive ketones (excluding diaryl/α,β-unsaturated/α-hetero) is 1. The molecule has 0 radical (unpaired) electrons. The van der Waals surface area contributed by atoms with Gasteiger partial charge in [0.05, 0.1) is 13.0 Å². The van der Waals surface area contributed by atoms with Crippen LogP contribution >= 0.6 is 0 Å². The van der Waals surface area contributed by atoms with E-state index in [4.69, 9.17) is 5.73 Å². The molecule has 1 saturated carbocycles. The van der Waals surface area contributed by atoms with Gasteiger partial charge in [-0.2, -0.15) is 0 Å². The maximum atomic E-state index is 13.7. The molecule has 0 aromatic rings. The highest BCUT2D eigenvalue weighted by molar-refractivity contribution is 6.09. The molecule has 0 saturated heterocycles. The van der Waals surface area contributed by atoms with Gasteiger partial charge in [0.15, 0.2) is 5.78 Å². The van der Waals surface area contributed by atoms with Crippen molar-refractivity contribution < 1.29 is 18.4 Å². The number of aliphatic imine (C=N–C) groups is 1. The van der Waals surface area contributed by atoms with Crippen LogP contribution in [0.5, 0.6) is 0 Å². The van der Waals surface area contributed by atoms with Crippen LogP contribution in [0.3, 0.4) is 0 Å². The Morgan fingerprint density at radius 3 is 2.33 bits per heavy atom. The van der Waals surface area contributed by atoms with Crippen LogP contribution in [-0.4, -0.2) is 47.9 Å². The molecule has 1 amide bonds. The zero-order valence-corrected chi connectivity index (χ0v) is 14.7. The van der Waals surface area contributed by atoms with Gasteiger partial charge in [0.1, 0.15) is 5.70 Å². The zero-order chi connectivity index (χ0) is 18.3. The summed E-state index contributed by atoms with van der Waals surface area (Å²) in [6.45, 7) is 6.21. The predicted octanol–water partition coefficient (Wildman–Crippen LogP) is 2.70. The summed E-state index contributed by atoms with van der Waals surface area (Å²) in [4.78, 5) is 29.4. The van der Waals surface area contributed by atoms with Gasteiger partial charge in [-0.15, -0.1) is 0 Å². The fourth-order valence-corrected chi connectivity index (χ4v) is 2.69. The Hall–Kier alpha value is -1.79. The largest absolute Gasteiger partial charge is 0.394 e. The van der Waals surface area contributed by atoms with Gasteiger partial charge in [-0.05, 0) is 26.2 Å². The van der Waals surface area contributed by atoms with E-state index < -0.39 is 12.3 Å². The van der Waals surface area contributed by atoms with Gasteiger partial charge in [0.25, 0.3) is 11.8 Å². The third kappa shape index (κ3) is 5.69. The molecule has 7 heteroatoms. The van der Waals surface area contributed by atoms with E-state index in [1.807, 2.05) is 13.8 Å². The molecule has 0 aromatic carbocycles. The second-order valence-corrected chi connectivity index (χ2v) is 6.18. The van der Waals surface area contributed by atoms with Crippen LogP contribution < -0.4 is 5.73 Å². The molecule has 0 heterocycles. The highest BCUT2D eigenvalue weighted by Gasteiger charge is 2.38. The summed E-state index contributed by atoms with van der Waals surface area (Å²) in [6.07, 6.45) is 0.630. The van der Waals surface area contributed by atoms with Crippen molar-refractivity contribution in [3.63, 3.8) is 0 Å². The molecule has 2 N–H and O–H groups in total. The number of nitrogens with two attached hydrogens (primary N) is 1. The van der Waals surface area contributed by atoms with Crippen molar-refractivity contribution in [2.45, 2.75) is 58.8 Å². The highest BCUT2D eigenvalue weighted by atomic mass is 19.3. The lowest BCUT2D eigenvalue weighted by Crippen LogP contribution is -2.38. The Labute approximate surface area is 142 Å². The van der Waals surface area contributed by atoms with E-state index in [9.17, 15) is 18.4 Å². The van der Waals surface area contributed by atoms with Crippen molar-refractivity contribution in [3.8, 4) is 0 Å². The number of rotatable bonds is 7. The summed E-state index contributed by atoms with van der Waals surface area (Å²) >= 11 is 0. The number of halogens is 2. The summed E-state index contributed by atoms with van der Waals surface area (Å²) in [6, 6.07) is 0. The van der Waals surface area contributed by atoms with Crippen LogP contribution in [0.2, 0.25) is 0 Å². The second-order valence-electron chi connectivity index (χ2n) is 6.18. The maximum Gasteiger partial charge on any atom is 0.270 e. The number of nitrogens with zero attached hydrogens (tertiary/aromatic N) is 2. The number of allylic oxidation sites excluding steroid dienone is 1. The molecule has 1 rings (SSSR count). The number of alkyl halides is 2. The quantitative estimate of drug-likeness (QED) is 0.722. The van der Waals surface area contributed by atoms with Crippen molar-refractivity contribution in [1.29, 1.82) is 0 Å². The smallest absolute Gasteiger partial charge is 0.270 e. The fourth-order valence-electron chi connectivity index (χ4n) is 2.69. The van der Waals surface area contributed by atoms with Gasteiger partial charge in [-0.1, -0.05) is 13.8 Å². The predicted molar refractivity (Wildman–Crippen MR) is 90.2 cm³/mol. The minimum atomic E-state index is -2.88. The first kappa shape index (κ1) is 20.3. The third-order valence-electron chi connectivity index (χ3n) is 3.84. The van der Waals surface area contributed by atoms with E-state index in [2.05, 4.69) is 4.99 Å². The molecule has 0 aromatic heterocycles. The monoisotopic (exact) mass is 343 g/mol. The number of hydrogen-bond acceptors (Lipinski definition) is 4. The Balaban J connectivity index is 3.14. The van der Waals surface area contributed by atoms with Crippen molar-refractivity contribution >= 4 is 17.4 Å². The van der Waals surface area contributed by atoms with Crippen molar-refractivity contribution in [2.24, 2.45) is 10.7 Å². The van der Waals surface area contributed by atoms with Crippen molar-refractivity contribution in [3.05, 3.63) is 11.3 Å². The van der Waals surface area contributed by atoms with Gasteiger partial charge in [-0.3, -0.25) is 14.6 Å². The zero-order valence-electron chi connectivity index (χ0n) is 14.7. The molecule has 1 aliphatic carbocycles. The van der Waals surface area contributed by atoms with E-state index in [1.165, 1.54) is 6.92 Å². The van der Waals surface area contributed by atoms with Gasteiger partial charge in [-0.25, -0.2) is 8.78 Å².